The molecule has 2 aliphatic heterocycles. The van der Waals surface area contributed by atoms with Gasteiger partial charge in [0.05, 0.1) is 5.92 Å². The van der Waals surface area contributed by atoms with Crippen molar-refractivity contribution in [3.63, 3.8) is 0 Å². The van der Waals surface area contributed by atoms with Crippen molar-refractivity contribution in [3.8, 4) is 0 Å². The lowest BCUT2D eigenvalue weighted by Gasteiger charge is -2.39. The second-order valence-corrected chi connectivity index (χ2v) is 11.6. The van der Waals surface area contributed by atoms with Gasteiger partial charge >= 0.3 is 0 Å². The summed E-state index contributed by atoms with van der Waals surface area (Å²) >= 11 is 0. The summed E-state index contributed by atoms with van der Waals surface area (Å²) in [5, 5.41) is 0. The average molecular weight is 548 g/mol. The largest absolute Gasteiger partial charge is 0.371 e. The van der Waals surface area contributed by atoms with Crippen molar-refractivity contribution in [1.82, 2.24) is 14.7 Å². The van der Waals surface area contributed by atoms with Gasteiger partial charge in [0.25, 0.3) is 5.91 Å². The number of piperidine rings is 1. The average Bonchev–Trinajstić information content (AvgIpc) is 3.55. The molecule has 0 N–H and O–H groups in total. The van der Waals surface area contributed by atoms with E-state index < -0.39 is 0 Å². The first-order valence-corrected chi connectivity index (χ1v) is 15.4. The molecule has 3 aromatic rings. The Morgan fingerprint density at radius 1 is 0.829 bits per heavy atom. The van der Waals surface area contributed by atoms with Crippen LogP contribution in [0.5, 0.6) is 0 Å². The number of hydrogen-bond acceptors (Lipinski definition) is 3. The Hall–Kier alpha value is -3.86. The first kappa shape index (κ1) is 27.3. The minimum absolute atomic E-state index is 0.170. The van der Waals surface area contributed by atoms with Crippen LogP contribution >= 0.6 is 0 Å². The van der Waals surface area contributed by atoms with E-state index in [2.05, 4.69) is 83.1 Å². The Balaban J connectivity index is 1.34. The van der Waals surface area contributed by atoms with E-state index in [4.69, 9.17) is 0 Å². The molecule has 0 saturated carbocycles. The third kappa shape index (κ3) is 5.07. The maximum atomic E-state index is 14.4. The van der Waals surface area contributed by atoms with Crippen molar-refractivity contribution < 1.29 is 9.59 Å². The Morgan fingerprint density at radius 3 is 2.22 bits per heavy atom. The summed E-state index contributed by atoms with van der Waals surface area (Å²) < 4.78 is 0. The summed E-state index contributed by atoms with van der Waals surface area (Å²) in [6, 6.07) is 27.3. The second kappa shape index (κ2) is 11.9. The summed E-state index contributed by atoms with van der Waals surface area (Å²) in [5.41, 5.74) is 7.76. The van der Waals surface area contributed by atoms with E-state index in [1.807, 2.05) is 24.3 Å². The van der Waals surface area contributed by atoms with Gasteiger partial charge in [0, 0.05) is 61.2 Å². The summed E-state index contributed by atoms with van der Waals surface area (Å²) in [4.78, 5) is 34.3. The predicted molar refractivity (Wildman–Crippen MR) is 165 cm³/mol. The molecule has 0 bridgehead atoms. The molecule has 2 heterocycles. The van der Waals surface area contributed by atoms with E-state index in [-0.39, 0.29) is 23.8 Å². The van der Waals surface area contributed by atoms with Crippen LogP contribution in [-0.4, -0.2) is 58.7 Å². The fourth-order valence-electron chi connectivity index (χ4n) is 7.03. The number of carbonyl (C=O) groups excluding carboxylic acids is 2. The molecule has 0 spiro atoms. The van der Waals surface area contributed by atoms with Gasteiger partial charge in [0.2, 0.25) is 5.91 Å². The number of likely N-dealkylation sites (tertiary alicyclic amines) is 1. The van der Waals surface area contributed by atoms with Gasteiger partial charge in [-0.3, -0.25) is 9.59 Å². The summed E-state index contributed by atoms with van der Waals surface area (Å²) in [5.74, 6) is 0.0829. The highest BCUT2D eigenvalue weighted by atomic mass is 16.2. The van der Waals surface area contributed by atoms with E-state index in [0.717, 1.165) is 86.1 Å². The fourth-order valence-corrected chi connectivity index (χ4v) is 7.03. The number of amides is 2. The van der Waals surface area contributed by atoms with Gasteiger partial charge in [0.1, 0.15) is 0 Å². The van der Waals surface area contributed by atoms with Crippen molar-refractivity contribution in [2.45, 2.75) is 64.5 Å². The van der Waals surface area contributed by atoms with Gasteiger partial charge in [0.15, 0.2) is 0 Å². The molecule has 1 aliphatic carbocycles. The highest BCUT2D eigenvalue weighted by molar-refractivity contribution is 6.10. The number of unbranched alkanes of at least 4 members (excludes halogenated alkanes) is 1. The molecule has 5 heteroatoms. The number of benzene rings is 3. The maximum absolute atomic E-state index is 14.4. The molecule has 1 saturated heterocycles. The topological polar surface area (TPSA) is 43.9 Å². The van der Waals surface area contributed by atoms with Gasteiger partial charge < -0.3 is 14.7 Å². The Labute approximate surface area is 244 Å². The van der Waals surface area contributed by atoms with Crippen LogP contribution in [0.1, 0.15) is 84.5 Å². The molecule has 1 unspecified atom stereocenters. The molecule has 212 valence electrons. The van der Waals surface area contributed by atoms with Crippen LogP contribution < -0.4 is 0 Å². The van der Waals surface area contributed by atoms with Crippen LogP contribution in [0, 0.1) is 0 Å². The molecule has 3 aliphatic rings. The van der Waals surface area contributed by atoms with Crippen LogP contribution in [-0.2, 0) is 11.3 Å². The van der Waals surface area contributed by atoms with E-state index in [9.17, 15) is 9.59 Å². The zero-order valence-electron chi connectivity index (χ0n) is 24.4. The SMILES string of the molecule is CCCCN(CCC)C(=O)C1C(c2ccccc2)=C(N2CCC(N3Cc4ccccc4C3=O)CC2)c2ccccc21. The minimum atomic E-state index is -0.306. The monoisotopic (exact) mass is 547 g/mol. The Kier molecular flexibility index (Phi) is 7.95. The fraction of sp³-hybridized carbons (Fsp3) is 0.389. The van der Waals surface area contributed by atoms with Gasteiger partial charge in [-0.1, -0.05) is 93.1 Å². The van der Waals surface area contributed by atoms with E-state index in [0.29, 0.717) is 6.54 Å². The van der Waals surface area contributed by atoms with Crippen molar-refractivity contribution in [2.24, 2.45) is 0 Å². The number of rotatable bonds is 9. The summed E-state index contributed by atoms with van der Waals surface area (Å²) in [6.45, 7) is 8.36. The molecule has 5 nitrogen and oxygen atoms in total. The predicted octanol–water partition coefficient (Wildman–Crippen LogP) is 6.81. The first-order valence-electron chi connectivity index (χ1n) is 15.4. The Morgan fingerprint density at radius 2 is 1.51 bits per heavy atom. The van der Waals surface area contributed by atoms with Gasteiger partial charge in [-0.15, -0.1) is 0 Å². The molecular weight excluding hydrogens is 506 g/mol. The second-order valence-electron chi connectivity index (χ2n) is 11.6. The van der Waals surface area contributed by atoms with Crippen molar-refractivity contribution in [2.75, 3.05) is 26.2 Å². The lowest BCUT2D eigenvalue weighted by Crippen LogP contribution is -2.44. The molecule has 1 atom stereocenters. The molecular formula is C36H41N3O2. The molecule has 0 aromatic heterocycles. The number of fused-ring (bicyclic) bond motifs is 2. The van der Waals surface area contributed by atoms with Crippen LogP contribution in [0.2, 0.25) is 0 Å². The lowest BCUT2D eigenvalue weighted by molar-refractivity contribution is -0.131. The van der Waals surface area contributed by atoms with Crippen molar-refractivity contribution in [1.29, 1.82) is 0 Å². The van der Waals surface area contributed by atoms with Gasteiger partial charge in [-0.05, 0) is 48.4 Å². The summed E-state index contributed by atoms with van der Waals surface area (Å²) in [6.07, 6.45) is 4.88. The van der Waals surface area contributed by atoms with Crippen molar-refractivity contribution in [3.05, 3.63) is 107 Å². The van der Waals surface area contributed by atoms with E-state index in [1.54, 1.807) is 0 Å². The van der Waals surface area contributed by atoms with Crippen LogP contribution in [0.25, 0.3) is 11.3 Å². The zero-order valence-corrected chi connectivity index (χ0v) is 24.4. The molecule has 1 fully saturated rings. The van der Waals surface area contributed by atoms with E-state index >= 15 is 0 Å². The minimum Gasteiger partial charge on any atom is -0.371 e. The molecule has 0 radical (unpaired) electrons. The zero-order chi connectivity index (χ0) is 28.3. The normalized spacial score (nSPS) is 18.6. The molecule has 3 aromatic carbocycles. The van der Waals surface area contributed by atoms with E-state index in [1.165, 1.54) is 11.3 Å². The smallest absolute Gasteiger partial charge is 0.254 e. The van der Waals surface area contributed by atoms with Crippen LogP contribution in [0.3, 0.4) is 0 Å². The standard InChI is InChI=1S/C36H41N3O2/c1-3-5-22-38(21-4-2)36(41)33-30-17-11-12-18-31(30)34(32(33)26-13-7-6-8-14-26)37-23-19-28(20-24-37)39-25-27-15-9-10-16-29(27)35(39)40/h6-18,28,33H,3-5,19-25H2,1-2H3. The van der Waals surface area contributed by atoms with Crippen LogP contribution in [0.15, 0.2) is 78.9 Å². The first-order chi connectivity index (χ1) is 20.1. The highest BCUT2D eigenvalue weighted by Gasteiger charge is 2.42. The van der Waals surface area contributed by atoms with Gasteiger partial charge in [-0.2, -0.15) is 0 Å². The summed E-state index contributed by atoms with van der Waals surface area (Å²) in [7, 11) is 0. The van der Waals surface area contributed by atoms with Crippen LogP contribution in [0.4, 0.5) is 0 Å². The molecule has 2 amide bonds. The highest BCUT2D eigenvalue weighted by Crippen LogP contribution is 2.50. The molecule has 41 heavy (non-hydrogen) atoms. The number of nitrogens with zero attached hydrogens (tertiary/aromatic N) is 3. The maximum Gasteiger partial charge on any atom is 0.254 e. The Bertz CT molecular complexity index is 1440. The third-order valence-electron chi connectivity index (χ3n) is 9.06. The quantitative estimate of drug-likeness (QED) is 0.296. The lowest BCUT2D eigenvalue weighted by atomic mass is 9.89. The van der Waals surface area contributed by atoms with Gasteiger partial charge in [-0.25, -0.2) is 0 Å². The number of carbonyl (C=O) groups is 2. The number of hydrogen-bond donors (Lipinski definition) is 0. The van der Waals surface area contributed by atoms with Crippen molar-refractivity contribution >= 4 is 23.1 Å². The molecule has 6 rings (SSSR count). The third-order valence-corrected chi connectivity index (χ3v) is 9.06.